The molecule has 8 heteroatoms. The van der Waals surface area contributed by atoms with E-state index in [0.29, 0.717) is 0 Å². The van der Waals surface area contributed by atoms with Crippen LogP contribution in [0.25, 0.3) is 0 Å². The van der Waals surface area contributed by atoms with E-state index in [1.165, 1.54) is 0 Å². The van der Waals surface area contributed by atoms with E-state index in [2.05, 4.69) is 0 Å². The van der Waals surface area contributed by atoms with E-state index in [1.54, 1.807) is 0 Å². The van der Waals surface area contributed by atoms with Crippen LogP contribution in [-0.2, 0) is 19.5 Å². The van der Waals surface area contributed by atoms with Crippen molar-refractivity contribution >= 4 is 6.16 Å². The molecule has 0 unspecified atom stereocenters. The minimum atomic E-state index is -2.33. The molecular weight excluding hydrogens is 181 g/mol. The first-order valence-corrected chi connectivity index (χ1v) is 0.612. The molecule has 0 amide bonds. The summed E-state index contributed by atoms with van der Waals surface area (Å²) >= 11 is 0. The van der Waals surface area contributed by atoms with Gasteiger partial charge in [-0.1, -0.05) is 0 Å². The number of carbonyl (C=O) groups excluding carboxylic acids is 1. The zero-order chi connectivity index (χ0) is 3.58. The van der Waals surface area contributed by atoms with Crippen LogP contribution in [0.15, 0.2) is 0 Å². The molecule has 0 aromatic rings. The maximum Gasteiger partial charge on any atom is 2.00 e. The van der Waals surface area contributed by atoms with Crippen molar-refractivity contribution in [2.75, 3.05) is 0 Å². The second-order valence-electron chi connectivity index (χ2n) is 0.250. The summed E-state index contributed by atoms with van der Waals surface area (Å²) in [6.45, 7) is 0. The molecule has 0 saturated heterocycles. The molecule has 0 bridgehead atoms. The fourth-order valence-electron chi connectivity index (χ4n) is 0. The van der Waals surface area contributed by atoms with Crippen LogP contribution >= 0.6 is 0 Å². The topological polar surface area (TPSA) is 203 Å². The standard InChI is InChI=1S/CH2O3.4H3N.Zn/c2-1(3)4;;;;;/h(H2,2,3,4);4*1H3;/q;;;;;+2/p-2. The Morgan fingerprint density at radius 2 is 0.889 bits per heavy atom. The first-order chi connectivity index (χ1) is 1.73. The predicted octanol–water partition coefficient (Wildman–Crippen LogP) is -1.80. The van der Waals surface area contributed by atoms with Gasteiger partial charge in [0.05, 0.1) is 0 Å². The summed E-state index contributed by atoms with van der Waals surface area (Å²) in [4.78, 5) is 8.33. The molecule has 0 aliphatic rings. The molecule has 0 atom stereocenters. The Morgan fingerprint density at radius 3 is 0.889 bits per heavy atom. The van der Waals surface area contributed by atoms with Gasteiger partial charge in [-0.2, -0.15) is 0 Å². The van der Waals surface area contributed by atoms with Gasteiger partial charge in [-0.25, -0.2) is 0 Å². The SMILES string of the molecule is N.N.N.N.O=C([O-])[O-].[Zn+2]. The molecule has 0 spiro atoms. The summed E-state index contributed by atoms with van der Waals surface area (Å²) in [5.41, 5.74) is 0. The first kappa shape index (κ1) is 69.9. The van der Waals surface area contributed by atoms with Crippen LogP contribution < -0.4 is 34.8 Å². The van der Waals surface area contributed by atoms with Crippen LogP contribution in [0.4, 0.5) is 4.79 Å². The van der Waals surface area contributed by atoms with Crippen LogP contribution in [-0.4, -0.2) is 6.16 Å². The molecule has 0 aromatic carbocycles. The third-order valence-corrected chi connectivity index (χ3v) is 0. The van der Waals surface area contributed by atoms with Crippen LogP contribution in [0.5, 0.6) is 0 Å². The molecule has 56 valence electrons. The molecule has 0 saturated carbocycles. The zero-order valence-corrected chi connectivity index (χ0v) is 8.23. The van der Waals surface area contributed by atoms with Crippen molar-refractivity contribution in [3.8, 4) is 0 Å². The van der Waals surface area contributed by atoms with Gasteiger partial charge in [0.15, 0.2) is 0 Å². The number of hydrogen-bond donors (Lipinski definition) is 4. The van der Waals surface area contributed by atoms with Gasteiger partial charge in [0.1, 0.15) is 0 Å². The minimum absolute atomic E-state index is 0. The van der Waals surface area contributed by atoms with E-state index in [9.17, 15) is 0 Å². The molecule has 0 aliphatic carbocycles. The van der Waals surface area contributed by atoms with Gasteiger partial charge in [0, 0.05) is 0 Å². The van der Waals surface area contributed by atoms with Crippen molar-refractivity contribution in [2.24, 2.45) is 0 Å². The molecular formula is CH12N4O3Zn. The molecule has 12 N–H and O–H groups in total. The smallest absolute Gasteiger partial charge is 0.652 e. The van der Waals surface area contributed by atoms with Gasteiger partial charge in [-0.05, 0) is 6.16 Å². The summed E-state index contributed by atoms with van der Waals surface area (Å²) in [5.74, 6) is 0. The van der Waals surface area contributed by atoms with E-state index in [0.717, 1.165) is 0 Å². The van der Waals surface area contributed by atoms with Crippen LogP contribution in [0, 0.1) is 0 Å². The quantitative estimate of drug-likeness (QED) is 0.324. The Bertz CT molecular complexity index is 38.8. The summed E-state index contributed by atoms with van der Waals surface area (Å²) in [6, 6.07) is 0. The monoisotopic (exact) mass is 192 g/mol. The van der Waals surface area contributed by atoms with E-state index in [4.69, 9.17) is 15.0 Å². The molecule has 0 fully saturated rings. The molecule has 0 heterocycles. The van der Waals surface area contributed by atoms with Crippen molar-refractivity contribution in [1.29, 1.82) is 0 Å². The Balaban J connectivity index is -0.00000000450. The molecule has 7 nitrogen and oxygen atoms in total. The Morgan fingerprint density at radius 1 is 0.889 bits per heavy atom. The second-order valence-corrected chi connectivity index (χ2v) is 0.250. The predicted molar refractivity (Wildman–Crippen MR) is 25.5 cm³/mol. The van der Waals surface area contributed by atoms with Crippen LogP contribution in [0.1, 0.15) is 0 Å². The number of carboxylic acid groups (broad SMARTS) is 2. The summed E-state index contributed by atoms with van der Waals surface area (Å²) in [5, 5.41) is 16.7. The third-order valence-electron chi connectivity index (χ3n) is 0. The molecule has 9 heavy (non-hydrogen) atoms. The van der Waals surface area contributed by atoms with Crippen LogP contribution in [0.2, 0.25) is 0 Å². The average Bonchev–Trinajstić information content (AvgIpc) is 0.811. The molecule has 0 aromatic heterocycles. The van der Waals surface area contributed by atoms with Crippen molar-refractivity contribution in [2.45, 2.75) is 0 Å². The van der Waals surface area contributed by atoms with Crippen LogP contribution in [0.3, 0.4) is 0 Å². The second kappa shape index (κ2) is 46.9. The van der Waals surface area contributed by atoms with E-state index < -0.39 is 6.16 Å². The van der Waals surface area contributed by atoms with Gasteiger partial charge in [0.25, 0.3) is 0 Å². The third kappa shape index (κ3) is 3580. The Labute approximate surface area is 65.9 Å². The normalized spacial score (nSPS) is 2.67. The number of carbonyl (C=O) groups is 1. The first-order valence-electron chi connectivity index (χ1n) is 0.612. The van der Waals surface area contributed by atoms with Crippen molar-refractivity contribution in [3.05, 3.63) is 0 Å². The average molecular weight is 194 g/mol. The van der Waals surface area contributed by atoms with E-state index in [-0.39, 0.29) is 44.1 Å². The molecule has 0 aliphatic heterocycles. The van der Waals surface area contributed by atoms with E-state index in [1.807, 2.05) is 0 Å². The fourth-order valence-corrected chi connectivity index (χ4v) is 0. The minimum Gasteiger partial charge on any atom is -0.652 e. The Kier molecular flexibility index (Phi) is 365. The van der Waals surface area contributed by atoms with Gasteiger partial charge >= 0.3 is 19.5 Å². The maximum atomic E-state index is 8.33. The number of rotatable bonds is 0. The molecule has 0 rings (SSSR count). The Hall–Kier alpha value is -0.267. The summed E-state index contributed by atoms with van der Waals surface area (Å²) < 4.78 is 0. The van der Waals surface area contributed by atoms with Crippen molar-refractivity contribution in [1.82, 2.24) is 24.6 Å². The molecule has 0 radical (unpaired) electrons. The summed E-state index contributed by atoms with van der Waals surface area (Å²) in [6.07, 6.45) is -2.33. The van der Waals surface area contributed by atoms with Gasteiger partial charge in [-0.15, -0.1) is 0 Å². The van der Waals surface area contributed by atoms with Crippen molar-refractivity contribution < 1.29 is 34.5 Å². The van der Waals surface area contributed by atoms with E-state index >= 15 is 0 Å². The summed E-state index contributed by atoms with van der Waals surface area (Å²) in [7, 11) is 0. The number of hydrogen-bond acceptors (Lipinski definition) is 7. The van der Waals surface area contributed by atoms with Gasteiger partial charge in [-0.3, -0.25) is 0 Å². The fraction of sp³-hybridized carbons (Fsp3) is 0. The van der Waals surface area contributed by atoms with Gasteiger partial charge in [0.2, 0.25) is 0 Å². The van der Waals surface area contributed by atoms with Crippen molar-refractivity contribution in [3.63, 3.8) is 0 Å². The largest absolute Gasteiger partial charge is 2.00 e. The van der Waals surface area contributed by atoms with Gasteiger partial charge < -0.3 is 39.6 Å². The zero-order valence-electron chi connectivity index (χ0n) is 5.26. The maximum absolute atomic E-state index is 8.33.